The molecule has 1 aromatic carbocycles. The average molecular weight is 543 g/mol. The van der Waals surface area contributed by atoms with E-state index >= 15 is 0 Å². The number of aliphatic carboxylic acids is 1. The monoisotopic (exact) mass is 542 g/mol. The van der Waals surface area contributed by atoms with Crippen molar-refractivity contribution < 1.29 is 62.5 Å². The van der Waals surface area contributed by atoms with Crippen molar-refractivity contribution in [3.05, 3.63) is 53.0 Å². The summed E-state index contributed by atoms with van der Waals surface area (Å²) < 4.78 is 40.9. The summed E-state index contributed by atoms with van der Waals surface area (Å²) in [4.78, 5) is 15.5. The molecule has 0 spiro atoms. The standard InChI is InChI=1S/C26H33FN2O6S.Na/c1-4-36(34,35)29-13-5-6-22-24(17-7-9-18(27)10-8-17)21(25(16(2)3)28-26(22)29)12-11-19(30)14-20(31)15-23(32)33;/h7-12,16,19-20,30-31H,4-6,13-15H2,1-3H3,(H,32,33);/q;+1/p-1/b12-11+;/t19-,20-;/m1./s1. The molecule has 2 heterocycles. The smallest absolute Gasteiger partial charge is 0.550 e. The topological polar surface area (TPSA) is 131 Å². The summed E-state index contributed by atoms with van der Waals surface area (Å²) in [5.41, 5.74) is 3.36. The van der Waals surface area contributed by atoms with Crippen LogP contribution in [0.5, 0.6) is 0 Å². The number of carboxylic acid groups (broad SMARTS) is 1. The van der Waals surface area contributed by atoms with E-state index in [0.717, 1.165) is 5.56 Å². The molecule has 0 saturated heterocycles. The SMILES string of the molecule is CCS(=O)(=O)N1CCCc2c1nc(C(C)C)c(/C=C/[C@@H](O)C[C@@H](O)CC(=O)[O-])c2-c1ccc(F)cc1.[Na+]. The van der Waals surface area contributed by atoms with Crippen LogP contribution in [-0.2, 0) is 21.2 Å². The zero-order chi connectivity index (χ0) is 26.6. The van der Waals surface area contributed by atoms with Gasteiger partial charge in [-0.25, -0.2) is 17.8 Å². The van der Waals surface area contributed by atoms with Gasteiger partial charge in [0.2, 0.25) is 10.0 Å². The number of benzene rings is 1. The zero-order valence-electron chi connectivity index (χ0n) is 21.6. The second-order valence-electron chi connectivity index (χ2n) is 9.22. The number of carboxylic acids is 1. The largest absolute Gasteiger partial charge is 1.00 e. The third-order valence-corrected chi connectivity index (χ3v) is 7.91. The molecule has 1 aromatic heterocycles. The van der Waals surface area contributed by atoms with Crippen LogP contribution in [0.15, 0.2) is 30.3 Å². The van der Waals surface area contributed by atoms with Crippen molar-refractivity contribution in [1.29, 1.82) is 0 Å². The number of nitrogens with zero attached hydrogens (tertiary/aromatic N) is 2. The Morgan fingerprint density at radius 2 is 1.89 bits per heavy atom. The van der Waals surface area contributed by atoms with E-state index in [9.17, 15) is 32.9 Å². The molecular weight excluding hydrogens is 510 g/mol. The Morgan fingerprint density at radius 1 is 1.24 bits per heavy atom. The van der Waals surface area contributed by atoms with Crippen molar-refractivity contribution in [3.8, 4) is 11.1 Å². The van der Waals surface area contributed by atoms with Gasteiger partial charge >= 0.3 is 29.6 Å². The first-order valence-electron chi connectivity index (χ1n) is 12.0. The Balaban J connectivity index is 0.00000481. The normalized spacial score (nSPS) is 15.4. The van der Waals surface area contributed by atoms with Gasteiger partial charge in [0.15, 0.2) is 0 Å². The summed E-state index contributed by atoms with van der Waals surface area (Å²) >= 11 is 0. The first-order chi connectivity index (χ1) is 16.9. The summed E-state index contributed by atoms with van der Waals surface area (Å²) in [5.74, 6) is -1.64. The van der Waals surface area contributed by atoms with Crippen molar-refractivity contribution in [2.45, 2.75) is 64.6 Å². The molecule has 0 bridgehead atoms. The van der Waals surface area contributed by atoms with E-state index in [-0.39, 0.29) is 47.6 Å². The van der Waals surface area contributed by atoms with Gasteiger partial charge in [0.05, 0.1) is 23.7 Å². The number of rotatable bonds is 10. The van der Waals surface area contributed by atoms with Gasteiger partial charge in [-0.15, -0.1) is 0 Å². The van der Waals surface area contributed by atoms with Crippen LogP contribution in [0, 0.1) is 5.82 Å². The molecule has 0 aliphatic carbocycles. The van der Waals surface area contributed by atoms with Crippen LogP contribution < -0.4 is 39.0 Å². The predicted octanol–water partition coefficient (Wildman–Crippen LogP) is -0.617. The van der Waals surface area contributed by atoms with E-state index in [2.05, 4.69) is 0 Å². The van der Waals surface area contributed by atoms with Crippen LogP contribution in [-0.4, -0.2) is 54.1 Å². The van der Waals surface area contributed by atoms with Gasteiger partial charge < -0.3 is 20.1 Å². The molecule has 1 aliphatic rings. The number of aliphatic hydroxyl groups is 2. The molecule has 3 rings (SSSR count). The number of carbonyl (C=O) groups excluding carboxylic acids is 1. The number of halogens is 1. The van der Waals surface area contributed by atoms with E-state index in [1.165, 1.54) is 22.5 Å². The number of aromatic nitrogens is 1. The summed E-state index contributed by atoms with van der Waals surface area (Å²) in [6.45, 7) is 5.74. The number of pyridine rings is 1. The van der Waals surface area contributed by atoms with Gasteiger partial charge in [0.1, 0.15) is 11.6 Å². The predicted molar refractivity (Wildman–Crippen MR) is 134 cm³/mol. The second-order valence-corrected chi connectivity index (χ2v) is 11.4. The third kappa shape index (κ3) is 7.61. The van der Waals surface area contributed by atoms with E-state index in [1.54, 1.807) is 25.1 Å². The van der Waals surface area contributed by atoms with Gasteiger partial charge in [-0.2, -0.15) is 0 Å². The number of fused-ring (bicyclic) bond motifs is 1. The molecule has 0 fully saturated rings. The zero-order valence-corrected chi connectivity index (χ0v) is 24.5. The molecule has 0 unspecified atom stereocenters. The maximum absolute atomic E-state index is 13.8. The Morgan fingerprint density at radius 3 is 2.46 bits per heavy atom. The minimum Gasteiger partial charge on any atom is -0.550 e. The van der Waals surface area contributed by atoms with Crippen LogP contribution in [0.1, 0.15) is 62.8 Å². The molecule has 0 amide bonds. The summed E-state index contributed by atoms with van der Waals surface area (Å²) in [6, 6.07) is 5.91. The van der Waals surface area contributed by atoms with Crippen molar-refractivity contribution in [2.75, 3.05) is 16.6 Å². The number of aliphatic hydroxyl groups excluding tert-OH is 2. The molecule has 2 atom stereocenters. The Hall–Kier alpha value is -1.82. The maximum atomic E-state index is 13.8. The summed E-state index contributed by atoms with van der Waals surface area (Å²) in [5, 5.41) is 31.0. The van der Waals surface area contributed by atoms with Gasteiger partial charge in [-0.05, 0) is 48.9 Å². The van der Waals surface area contributed by atoms with E-state index in [1.807, 2.05) is 13.8 Å². The molecule has 1 aliphatic heterocycles. The Bertz CT molecular complexity index is 1230. The van der Waals surface area contributed by atoms with E-state index in [4.69, 9.17) is 4.98 Å². The first-order valence-corrected chi connectivity index (χ1v) is 13.6. The maximum Gasteiger partial charge on any atom is 1.00 e. The number of sulfonamides is 1. The molecule has 0 radical (unpaired) electrons. The molecule has 2 aromatic rings. The second kappa shape index (κ2) is 13.3. The fraction of sp³-hybridized carbons (Fsp3) is 0.462. The van der Waals surface area contributed by atoms with Crippen LogP contribution >= 0.6 is 0 Å². The van der Waals surface area contributed by atoms with Crippen LogP contribution in [0.4, 0.5) is 10.2 Å². The summed E-state index contributed by atoms with van der Waals surface area (Å²) in [6.07, 6.45) is 1.05. The van der Waals surface area contributed by atoms with Gasteiger partial charge in [-0.1, -0.05) is 38.1 Å². The van der Waals surface area contributed by atoms with Crippen molar-refractivity contribution in [3.63, 3.8) is 0 Å². The van der Waals surface area contributed by atoms with Crippen LogP contribution in [0.25, 0.3) is 17.2 Å². The van der Waals surface area contributed by atoms with Crippen molar-refractivity contribution in [1.82, 2.24) is 4.98 Å². The van der Waals surface area contributed by atoms with E-state index < -0.39 is 40.4 Å². The third-order valence-electron chi connectivity index (χ3n) is 6.15. The summed E-state index contributed by atoms with van der Waals surface area (Å²) in [7, 11) is -3.57. The number of carbonyl (C=O) groups is 1. The average Bonchev–Trinajstić information content (AvgIpc) is 2.81. The molecule has 0 saturated carbocycles. The molecule has 11 heteroatoms. The fourth-order valence-corrected chi connectivity index (χ4v) is 5.55. The minimum atomic E-state index is -3.57. The van der Waals surface area contributed by atoms with Crippen LogP contribution in [0.2, 0.25) is 0 Å². The van der Waals surface area contributed by atoms with Gasteiger partial charge in [0.25, 0.3) is 0 Å². The number of hydrogen-bond donors (Lipinski definition) is 2. The number of hydrogen-bond acceptors (Lipinski definition) is 7. The Kier molecular flexibility index (Phi) is 11.3. The molecule has 2 N–H and O–H groups in total. The number of anilines is 1. The fourth-order valence-electron chi connectivity index (χ4n) is 4.41. The van der Waals surface area contributed by atoms with Crippen LogP contribution in [0.3, 0.4) is 0 Å². The van der Waals surface area contributed by atoms with Gasteiger partial charge in [0, 0.05) is 36.5 Å². The Labute approximate surface area is 239 Å². The minimum absolute atomic E-state index is 0. The molecule has 8 nitrogen and oxygen atoms in total. The molecular formula is C26H32FN2NaO6S. The van der Waals surface area contributed by atoms with Crippen molar-refractivity contribution >= 4 is 27.9 Å². The first kappa shape index (κ1) is 31.4. The van der Waals surface area contributed by atoms with E-state index in [0.29, 0.717) is 47.6 Å². The quantitative estimate of drug-likeness (QED) is 0.383. The molecule has 196 valence electrons. The van der Waals surface area contributed by atoms with Gasteiger partial charge in [-0.3, -0.25) is 4.31 Å². The molecule has 37 heavy (non-hydrogen) atoms. The van der Waals surface area contributed by atoms with Crippen molar-refractivity contribution in [2.24, 2.45) is 0 Å².